The van der Waals surface area contributed by atoms with E-state index in [1.165, 1.54) is 77.0 Å². The number of rotatable bonds is 8. The van der Waals surface area contributed by atoms with Crippen LogP contribution in [0.5, 0.6) is 0 Å². The lowest BCUT2D eigenvalue weighted by molar-refractivity contribution is 1.15. The topological polar surface area (TPSA) is 13.1 Å². The van der Waals surface area contributed by atoms with Crippen molar-refractivity contribution in [2.24, 2.45) is 0 Å². The highest BCUT2D eigenvalue weighted by atomic mass is 15.1. The first kappa shape index (κ1) is 36.5. The molecule has 0 amide bonds. The van der Waals surface area contributed by atoms with Crippen LogP contribution in [0.1, 0.15) is 0 Å². The van der Waals surface area contributed by atoms with Gasteiger partial charge in [0.05, 0.1) is 22.1 Å². The van der Waals surface area contributed by atoms with E-state index in [4.69, 9.17) is 0 Å². The summed E-state index contributed by atoms with van der Waals surface area (Å²) in [6.07, 6.45) is 0. The third kappa shape index (κ3) is 6.21. The summed E-state index contributed by atoms with van der Waals surface area (Å²) in [5.41, 5.74) is 17.5. The van der Waals surface area contributed by atoms with Gasteiger partial charge in [0, 0.05) is 50.0 Å². The molecule has 0 radical (unpaired) electrons. The summed E-state index contributed by atoms with van der Waals surface area (Å²) in [6.45, 7) is 0. The average Bonchev–Trinajstić information content (AvgIpc) is 3.89. The van der Waals surface area contributed by atoms with Gasteiger partial charge in [-0.2, -0.15) is 0 Å². The Morgan fingerprint density at radius 3 is 1.21 bits per heavy atom. The van der Waals surface area contributed by atoms with Crippen molar-refractivity contribution in [1.82, 2.24) is 9.13 Å². The van der Waals surface area contributed by atoms with E-state index in [1.807, 2.05) is 0 Å². The molecule has 0 saturated heterocycles. The monoisotopic (exact) mass is 803 g/mol. The number of anilines is 3. The number of nitrogens with zero attached hydrogens (tertiary/aromatic N) is 3. The van der Waals surface area contributed by atoms with Crippen molar-refractivity contribution >= 4 is 60.7 Å². The molecule has 0 fully saturated rings. The van der Waals surface area contributed by atoms with Crippen molar-refractivity contribution in [1.29, 1.82) is 0 Å². The highest BCUT2D eigenvalue weighted by Crippen LogP contribution is 2.47. The summed E-state index contributed by atoms with van der Waals surface area (Å²) < 4.78 is 4.93. The normalized spacial score (nSPS) is 11.5. The van der Waals surface area contributed by atoms with Crippen LogP contribution in [0.4, 0.5) is 17.1 Å². The van der Waals surface area contributed by atoms with Crippen molar-refractivity contribution < 1.29 is 0 Å². The maximum atomic E-state index is 2.47. The quantitative estimate of drug-likeness (QED) is 0.149. The molecular formula is C60H41N3. The molecule has 0 atom stereocenters. The SMILES string of the molecule is c1ccc(-c2ccc(-c3ccc(N(c4ccccc4)c4ccc(-c5cc6c7ccccc7n(-c7ccccc7)c6c6c5c5ccccc5n6-c5ccccc5)cc4)cc3)cc2)cc1. The molecule has 0 bridgehead atoms. The first-order valence-electron chi connectivity index (χ1n) is 21.6. The third-order valence-corrected chi connectivity index (χ3v) is 12.5. The van der Waals surface area contributed by atoms with E-state index in [0.29, 0.717) is 0 Å². The van der Waals surface area contributed by atoms with Gasteiger partial charge >= 0.3 is 0 Å². The van der Waals surface area contributed by atoms with E-state index in [9.17, 15) is 0 Å². The van der Waals surface area contributed by atoms with E-state index in [1.54, 1.807) is 0 Å². The summed E-state index contributed by atoms with van der Waals surface area (Å²) in [5.74, 6) is 0. The third-order valence-electron chi connectivity index (χ3n) is 12.5. The Morgan fingerprint density at radius 1 is 0.270 bits per heavy atom. The van der Waals surface area contributed by atoms with Crippen LogP contribution in [-0.2, 0) is 0 Å². The minimum absolute atomic E-state index is 1.09. The molecule has 63 heavy (non-hydrogen) atoms. The Kier molecular flexibility index (Phi) is 8.83. The Balaban J connectivity index is 1.02. The average molecular weight is 804 g/mol. The molecule has 0 unspecified atom stereocenters. The minimum Gasteiger partial charge on any atom is -0.311 e. The maximum absolute atomic E-state index is 2.47. The second-order valence-corrected chi connectivity index (χ2v) is 16.1. The van der Waals surface area contributed by atoms with Gasteiger partial charge in [0.25, 0.3) is 0 Å². The fourth-order valence-corrected chi connectivity index (χ4v) is 9.62. The Labute approximate surface area is 366 Å². The first-order valence-corrected chi connectivity index (χ1v) is 21.6. The zero-order valence-electron chi connectivity index (χ0n) is 34.5. The van der Waals surface area contributed by atoms with Gasteiger partial charge in [-0.1, -0.05) is 170 Å². The van der Waals surface area contributed by atoms with Crippen LogP contribution in [0.15, 0.2) is 249 Å². The number of aromatic nitrogens is 2. The lowest BCUT2D eigenvalue weighted by Gasteiger charge is -2.26. The number of para-hydroxylation sites is 5. The van der Waals surface area contributed by atoms with Crippen molar-refractivity contribution in [3.05, 3.63) is 249 Å². The molecule has 2 heterocycles. The van der Waals surface area contributed by atoms with Crippen molar-refractivity contribution in [2.75, 3.05) is 4.90 Å². The molecule has 12 aromatic rings. The van der Waals surface area contributed by atoms with Gasteiger partial charge < -0.3 is 14.0 Å². The summed E-state index contributed by atoms with van der Waals surface area (Å²) in [7, 11) is 0. The standard InChI is InChI=1S/C60H41N3/c1-5-17-42(18-6-1)43-29-31-44(32-30-43)45-33-37-50(38-34-45)61(47-19-7-2-8-20-47)51-39-35-46(36-40-51)54-41-55-52-25-13-15-27-56(52)62(48-21-9-3-10-22-48)59(55)60-58(54)53-26-14-16-28-57(53)63(60)49-23-11-4-12-24-49/h1-41H. The summed E-state index contributed by atoms with van der Waals surface area (Å²) in [4.78, 5) is 2.35. The molecule has 10 aromatic carbocycles. The summed E-state index contributed by atoms with van der Waals surface area (Å²) in [5, 5.41) is 4.92. The van der Waals surface area contributed by atoms with Gasteiger partial charge in [0.15, 0.2) is 0 Å². The molecule has 2 aromatic heterocycles. The van der Waals surface area contributed by atoms with E-state index < -0.39 is 0 Å². The van der Waals surface area contributed by atoms with Gasteiger partial charge in [-0.05, 0) is 112 Å². The van der Waals surface area contributed by atoms with Crippen LogP contribution in [0.2, 0.25) is 0 Å². The van der Waals surface area contributed by atoms with Gasteiger partial charge in [-0.3, -0.25) is 0 Å². The number of hydrogen-bond donors (Lipinski definition) is 0. The second-order valence-electron chi connectivity index (χ2n) is 16.1. The van der Waals surface area contributed by atoms with Crippen LogP contribution < -0.4 is 4.90 Å². The molecular weight excluding hydrogens is 763 g/mol. The first-order chi connectivity index (χ1) is 31.3. The van der Waals surface area contributed by atoms with Crippen molar-refractivity contribution in [3.8, 4) is 44.8 Å². The second kappa shape index (κ2) is 15.3. The van der Waals surface area contributed by atoms with E-state index in [0.717, 1.165) is 28.4 Å². The molecule has 0 saturated carbocycles. The van der Waals surface area contributed by atoms with Crippen LogP contribution in [0, 0.1) is 0 Å². The highest BCUT2D eigenvalue weighted by molar-refractivity contribution is 6.28. The Hall–Kier alpha value is -8.40. The fraction of sp³-hybridized carbons (Fsp3) is 0. The summed E-state index contributed by atoms with van der Waals surface area (Å²) in [6, 6.07) is 89.9. The van der Waals surface area contributed by atoms with E-state index >= 15 is 0 Å². The Morgan fingerprint density at radius 2 is 0.651 bits per heavy atom. The fourth-order valence-electron chi connectivity index (χ4n) is 9.62. The number of hydrogen-bond acceptors (Lipinski definition) is 1. The molecule has 3 nitrogen and oxygen atoms in total. The van der Waals surface area contributed by atoms with Crippen LogP contribution in [0.25, 0.3) is 88.4 Å². The lowest BCUT2D eigenvalue weighted by atomic mass is 9.96. The predicted molar refractivity (Wildman–Crippen MR) is 266 cm³/mol. The number of fused-ring (bicyclic) bond motifs is 7. The molecule has 0 aliphatic heterocycles. The smallest absolute Gasteiger partial charge is 0.0795 e. The molecule has 0 aliphatic rings. The zero-order valence-corrected chi connectivity index (χ0v) is 34.5. The molecule has 12 rings (SSSR count). The molecule has 0 spiro atoms. The predicted octanol–water partition coefficient (Wildman–Crippen LogP) is 16.4. The largest absolute Gasteiger partial charge is 0.311 e. The maximum Gasteiger partial charge on any atom is 0.0795 e. The van der Waals surface area contributed by atoms with Crippen molar-refractivity contribution in [2.45, 2.75) is 0 Å². The van der Waals surface area contributed by atoms with Crippen LogP contribution in [-0.4, -0.2) is 9.13 Å². The summed E-state index contributed by atoms with van der Waals surface area (Å²) >= 11 is 0. The van der Waals surface area contributed by atoms with Gasteiger partial charge in [-0.15, -0.1) is 0 Å². The minimum atomic E-state index is 1.09. The van der Waals surface area contributed by atoms with E-state index in [2.05, 4.69) is 263 Å². The highest BCUT2D eigenvalue weighted by Gasteiger charge is 2.24. The van der Waals surface area contributed by atoms with Gasteiger partial charge in [-0.25, -0.2) is 0 Å². The van der Waals surface area contributed by atoms with Crippen LogP contribution >= 0.6 is 0 Å². The van der Waals surface area contributed by atoms with Crippen LogP contribution in [0.3, 0.4) is 0 Å². The molecule has 296 valence electrons. The van der Waals surface area contributed by atoms with E-state index in [-0.39, 0.29) is 0 Å². The molecule has 3 heteroatoms. The Bertz CT molecular complexity index is 3550. The van der Waals surface area contributed by atoms with Gasteiger partial charge in [0.1, 0.15) is 0 Å². The van der Waals surface area contributed by atoms with Gasteiger partial charge in [0.2, 0.25) is 0 Å². The lowest BCUT2D eigenvalue weighted by Crippen LogP contribution is -2.09. The van der Waals surface area contributed by atoms with Crippen molar-refractivity contribution in [3.63, 3.8) is 0 Å². The molecule has 0 N–H and O–H groups in total. The number of benzene rings is 10. The zero-order chi connectivity index (χ0) is 41.7. The molecule has 0 aliphatic carbocycles.